The zero-order valence-electron chi connectivity index (χ0n) is 22.3. The van der Waals surface area contributed by atoms with E-state index in [9.17, 15) is 24.9 Å². The molecular weight excluding hydrogens is 572 g/mol. The summed E-state index contributed by atoms with van der Waals surface area (Å²) < 4.78 is 21.8. The summed E-state index contributed by atoms with van der Waals surface area (Å²) in [6, 6.07) is 13.6. The summed E-state index contributed by atoms with van der Waals surface area (Å²) in [5.41, 5.74) is -3.56. The first-order valence-corrected chi connectivity index (χ1v) is 14.2. The van der Waals surface area contributed by atoms with Crippen LogP contribution in [0.25, 0.3) is 0 Å². The second kappa shape index (κ2) is 11.3. The number of hydrogen-bond acceptors (Lipinski definition) is 5. The molecule has 2 aliphatic heterocycles. The van der Waals surface area contributed by atoms with Crippen molar-refractivity contribution in [2.75, 3.05) is 13.2 Å². The number of amides is 1. The molecule has 3 aromatic rings. The maximum Gasteiger partial charge on any atom is 0.305 e. The van der Waals surface area contributed by atoms with E-state index in [0.29, 0.717) is 41.7 Å². The molecule has 1 saturated heterocycles. The monoisotopic (exact) mass is 601 g/mol. The first-order valence-electron chi connectivity index (χ1n) is 13.4. The number of carboxylic acid groups (broad SMARTS) is 1. The summed E-state index contributed by atoms with van der Waals surface area (Å²) >= 11 is 12.2. The molecule has 3 atom stereocenters. The summed E-state index contributed by atoms with van der Waals surface area (Å²) in [4.78, 5) is 27.3. The summed E-state index contributed by atoms with van der Waals surface area (Å²) in [5.74, 6) is -3.12. The summed E-state index contributed by atoms with van der Waals surface area (Å²) in [6.07, 6.45) is 0.818. The highest BCUT2D eigenvalue weighted by Crippen LogP contribution is 2.50. The molecule has 1 fully saturated rings. The minimum absolute atomic E-state index is 0.125. The molecule has 2 heterocycles. The molecule has 3 N–H and O–H groups in total. The Balaban J connectivity index is 1.73. The summed E-state index contributed by atoms with van der Waals surface area (Å²) in [6.45, 7) is 2.71. The van der Waals surface area contributed by atoms with Gasteiger partial charge in [-0.15, -0.1) is 0 Å². The standard InChI is InChI=1S/C31H30Cl2FNO6/c1-2-30(39,19-11-13-41-14-12-19)21-15-24-28(25(34)16-21)31(40,20-5-9-23(33)10-6-20)35(29(24)38)26(17-27(36)37)18-3-7-22(32)8-4-18/h3-10,15-16,19,26,39-40H,2,11-14,17H2,1H3,(H,36,37). The predicted molar refractivity (Wildman–Crippen MR) is 151 cm³/mol. The van der Waals surface area contributed by atoms with E-state index in [-0.39, 0.29) is 34.6 Å². The molecule has 0 radical (unpaired) electrons. The number of aliphatic carboxylic acids is 1. The van der Waals surface area contributed by atoms with Crippen molar-refractivity contribution in [2.45, 2.75) is 50.0 Å². The number of benzene rings is 3. The molecule has 1 amide bonds. The van der Waals surface area contributed by atoms with Gasteiger partial charge in [0.2, 0.25) is 0 Å². The van der Waals surface area contributed by atoms with Gasteiger partial charge in [0.15, 0.2) is 5.72 Å². The van der Waals surface area contributed by atoms with Gasteiger partial charge < -0.3 is 20.1 Å². The predicted octanol–water partition coefficient (Wildman–Crippen LogP) is 6.02. The third-order valence-corrected chi connectivity index (χ3v) is 8.86. The number of nitrogens with zero attached hydrogens (tertiary/aromatic N) is 1. The zero-order chi connectivity index (χ0) is 29.5. The Labute approximate surface area is 247 Å². The van der Waals surface area contributed by atoms with Gasteiger partial charge in [-0.05, 0) is 72.7 Å². The van der Waals surface area contributed by atoms with E-state index in [1.807, 2.05) is 0 Å². The van der Waals surface area contributed by atoms with Crippen LogP contribution >= 0.6 is 23.2 Å². The Morgan fingerprint density at radius 1 is 1.10 bits per heavy atom. The molecule has 216 valence electrons. The van der Waals surface area contributed by atoms with E-state index < -0.39 is 41.5 Å². The minimum Gasteiger partial charge on any atom is -0.481 e. The molecule has 2 aliphatic rings. The van der Waals surface area contributed by atoms with E-state index in [1.165, 1.54) is 36.4 Å². The molecule has 3 unspecified atom stereocenters. The van der Waals surface area contributed by atoms with Crippen LogP contribution in [0.15, 0.2) is 60.7 Å². The lowest BCUT2D eigenvalue weighted by Gasteiger charge is -2.40. The quantitative estimate of drug-likeness (QED) is 0.291. The molecule has 7 nitrogen and oxygen atoms in total. The van der Waals surface area contributed by atoms with E-state index in [2.05, 4.69) is 0 Å². The third kappa shape index (κ3) is 5.13. The van der Waals surface area contributed by atoms with Crippen LogP contribution in [0.3, 0.4) is 0 Å². The van der Waals surface area contributed by atoms with Gasteiger partial charge in [-0.1, -0.05) is 54.4 Å². The number of carbonyl (C=O) groups excluding carboxylic acids is 1. The van der Waals surface area contributed by atoms with Crippen LogP contribution in [-0.4, -0.2) is 45.3 Å². The Kier molecular flexibility index (Phi) is 8.16. The van der Waals surface area contributed by atoms with E-state index >= 15 is 4.39 Å². The fraction of sp³-hybridized carbons (Fsp3) is 0.355. The normalized spacial score (nSPS) is 21.4. The van der Waals surface area contributed by atoms with Gasteiger partial charge in [0.1, 0.15) is 5.82 Å². The van der Waals surface area contributed by atoms with E-state index in [0.717, 1.165) is 4.90 Å². The van der Waals surface area contributed by atoms with Crippen molar-refractivity contribution in [1.82, 2.24) is 4.90 Å². The highest BCUT2D eigenvalue weighted by Gasteiger charge is 2.55. The average Bonchev–Trinajstić information content (AvgIpc) is 3.19. The van der Waals surface area contributed by atoms with Crippen molar-refractivity contribution in [1.29, 1.82) is 0 Å². The fourth-order valence-corrected chi connectivity index (χ4v) is 6.47. The Bertz CT molecular complexity index is 1460. The fourth-order valence-electron chi connectivity index (χ4n) is 6.22. The van der Waals surface area contributed by atoms with Gasteiger partial charge in [-0.3, -0.25) is 14.5 Å². The average molecular weight is 602 g/mol. The molecular formula is C31H30Cl2FNO6. The highest BCUT2D eigenvalue weighted by atomic mass is 35.5. The molecule has 0 aromatic heterocycles. The molecule has 0 aliphatic carbocycles. The summed E-state index contributed by atoms with van der Waals surface area (Å²) in [5, 5.41) is 34.9. The van der Waals surface area contributed by atoms with Gasteiger partial charge in [0.25, 0.3) is 5.91 Å². The minimum atomic E-state index is -2.39. The molecule has 0 saturated carbocycles. The zero-order valence-corrected chi connectivity index (χ0v) is 23.8. The van der Waals surface area contributed by atoms with Gasteiger partial charge in [-0.2, -0.15) is 0 Å². The number of carbonyl (C=O) groups is 2. The SMILES string of the molecule is CCC(O)(c1cc(F)c2c(c1)C(=O)N(C(CC(=O)O)c1ccc(Cl)cc1)C2(O)c1ccc(Cl)cc1)C1CCOCC1. The lowest BCUT2D eigenvalue weighted by molar-refractivity contribution is -0.140. The van der Waals surface area contributed by atoms with Crippen molar-refractivity contribution in [2.24, 2.45) is 5.92 Å². The number of aliphatic hydroxyl groups is 2. The maximum absolute atomic E-state index is 16.3. The van der Waals surface area contributed by atoms with Crippen molar-refractivity contribution >= 4 is 35.1 Å². The van der Waals surface area contributed by atoms with Crippen molar-refractivity contribution in [3.05, 3.63) is 104 Å². The van der Waals surface area contributed by atoms with E-state index in [1.54, 1.807) is 31.2 Å². The molecule has 0 spiro atoms. The molecule has 3 aromatic carbocycles. The van der Waals surface area contributed by atoms with E-state index in [4.69, 9.17) is 27.9 Å². The van der Waals surface area contributed by atoms with Crippen molar-refractivity contribution in [3.63, 3.8) is 0 Å². The largest absolute Gasteiger partial charge is 0.481 e. The second-order valence-electron chi connectivity index (χ2n) is 10.6. The Morgan fingerprint density at radius 2 is 1.68 bits per heavy atom. The van der Waals surface area contributed by atoms with Gasteiger partial charge >= 0.3 is 5.97 Å². The van der Waals surface area contributed by atoms with Crippen LogP contribution in [0.1, 0.15) is 71.3 Å². The van der Waals surface area contributed by atoms with Gasteiger partial charge in [-0.25, -0.2) is 4.39 Å². The van der Waals surface area contributed by atoms with Crippen molar-refractivity contribution < 1.29 is 34.0 Å². The number of ether oxygens (including phenoxy) is 1. The number of halogens is 3. The Hall–Kier alpha value is -3.01. The summed E-state index contributed by atoms with van der Waals surface area (Å²) in [7, 11) is 0. The van der Waals surface area contributed by atoms with Crippen LogP contribution in [-0.2, 0) is 20.9 Å². The van der Waals surface area contributed by atoms with Crippen LogP contribution in [0.4, 0.5) is 4.39 Å². The highest BCUT2D eigenvalue weighted by molar-refractivity contribution is 6.30. The Morgan fingerprint density at radius 3 is 2.24 bits per heavy atom. The lowest BCUT2D eigenvalue weighted by Crippen LogP contribution is -2.47. The first kappa shape index (κ1) is 29.5. The van der Waals surface area contributed by atoms with Crippen LogP contribution < -0.4 is 0 Å². The van der Waals surface area contributed by atoms with Crippen LogP contribution in [0.2, 0.25) is 10.0 Å². The smallest absolute Gasteiger partial charge is 0.305 e. The first-order chi connectivity index (χ1) is 19.5. The lowest BCUT2D eigenvalue weighted by atomic mass is 9.74. The van der Waals surface area contributed by atoms with Crippen molar-refractivity contribution in [3.8, 4) is 0 Å². The third-order valence-electron chi connectivity index (χ3n) is 8.35. The molecule has 5 rings (SSSR count). The van der Waals surface area contributed by atoms with Gasteiger partial charge in [0, 0.05) is 28.8 Å². The number of hydrogen-bond donors (Lipinski definition) is 3. The van der Waals surface area contributed by atoms with Crippen LogP contribution in [0.5, 0.6) is 0 Å². The molecule has 10 heteroatoms. The second-order valence-corrected chi connectivity index (χ2v) is 11.4. The maximum atomic E-state index is 16.3. The molecule has 0 bridgehead atoms. The number of fused-ring (bicyclic) bond motifs is 1. The number of rotatable bonds is 8. The molecule has 41 heavy (non-hydrogen) atoms. The van der Waals surface area contributed by atoms with Gasteiger partial charge in [0.05, 0.1) is 29.2 Å². The topological polar surface area (TPSA) is 107 Å². The number of carboxylic acids is 1. The van der Waals surface area contributed by atoms with Crippen LogP contribution in [0, 0.1) is 11.7 Å².